The van der Waals surface area contributed by atoms with Gasteiger partial charge in [0.05, 0.1) is 0 Å². The second-order valence-corrected chi connectivity index (χ2v) is 4.90. The zero-order chi connectivity index (χ0) is 13.0. The van der Waals surface area contributed by atoms with E-state index in [2.05, 4.69) is 13.0 Å². The van der Waals surface area contributed by atoms with Crippen LogP contribution in [0.3, 0.4) is 0 Å². The lowest BCUT2D eigenvalue weighted by molar-refractivity contribution is -0.104. The maximum atomic E-state index is 12.3. The number of hydrogen-bond acceptors (Lipinski definition) is 2. The summed E-state index contributed by atoms with van der Waals surface area (Å²) < 4.78 is 0. The molecule has 0 N–H and O–H groups in total. The van der Waals surface area contributed by atoms with Crippen molar-refractivity contribution in [2.45, 2.75) is 32.6 Å². The van der Waals surface area contributed by atoms with Crippen molar-refractivity contribution in [2.75, 3.05) is 0 Å². The summed E-state index contributed by atoms with van der Waals surface area (Å²) in [6.07, 6.45) is 7.69. The molecule has 1 unspecified atom stereocenters. The van der Waals surface area contributed by atoms with E-state index < -0.39 is 0 Å². The van der Waals surface area contributed by atoms with Crippen molar-refractivity contribution in [3.05, 3.63) is 47.0 Å². The lowest BCUT2D eigenvalue weighted by Gasteiger charge is -2.23. The zero-order valence-corrected chi connectivity index (χ0v) is 10.7. The number of ketones is 1. The van der Waals surface area contributed by atoms with Crippen LogP contribution in [0.5, 0.6) is 0 Å². The number of aryl methyl sites for hydroxylation is 2. The van der Waals surface area contributed by atoms with Crippen LogP contribution in [-0.2, 0) is 11.2 Å². The molecule has 18 heavy (non-hydrogen) atoms. The predicted molar refractivity (Wildman–Crippen MR) is 71.8 cm³/mol. The maximum absolute atomic E-state index is 12.3. The minimum Gasteiger partial charge on any atom is -0.299 e. The Labute approximate surface area is 108 Å². The molecule has 1 aliphatic carbocycles. The number of fused-ring (bicyclic) bond motifs is 1. The Balaban J connectivity index is 2.06. The van der Waals surface area contributed by atoms with Crippen LogP contribution in [0.15, 0.2) is 30.4 Å². The Kier molecular flexibility index (Phi) is 4.08. The molecule has 0 heterocycles. The van der Waals surface area contributed by atoms with Crippen LogP contribution in [0.1, 0.15) is 40.7 Å². The number of carbonyl (C=O) groups excluding carboxylic acids is 2. The van der Waals surface area contributed by atoms with E-state index in [-0.39, 0.29) is 11.7 Å². The summed E-state index contributed by atoms with van der Waals surface area (Å²) in [6, 6.07) is 6.08. The van der Waals surface area contributed by atoms with Crippen molar-refractivity contribution in [3.63, 3.8) is 0 Å². The first-order valence-electron chi connectivity index (χ1n) is 6.46. The molecule has 1 atom stereocenters. The van der Waals surface area contributed by atoms with Crippen molar-refractivity contribution in [1.82, 2.24) is 0 Å². The number of allylic oxidation sites excluding steroid dienone is 2. The number of hydrogen-bond donors (Lipinski definition) is 0. The number of rotatable bonds is 4. The average molecular weight is 242 g/mol. The molecule has 1 aliphatic rings. The molecule has 94 valence electrons. The van der Waals surface area contributed by atoms with E-state index in [0.717, 1.165) is 37.5 Å². The van der Waals surface area contributed by atoms with Gasteiger partial charge in [-0.1, -0.05) is 29.8 Å². The molecule has 1 aromatic rings. The Bertz CT molecular complexity index is 486. The highest BCUT2D eigenvalue weighted by Crippen LogP contribution is 2.29. The Morgan fingerprint density at radius 2 is 2.22 bits per heavy atom. The second kappa shape index (κ2) is 5.76. The van der Waals surface area contributed by atoms with Crippen LogP contribution in [0.2, 0.25) is 0 Å². The van der Waals surface area contributed by atoms with Crippen molar-refractivity contribution in [2.24, 2.45) is 5.92 Å². The molecule has 2 nitrogen and oxygen atoms in total. The third-order valence-corrected chi connectivity index (χ3v) is 3.56. The van der Waals surface area contributed by atoms with E-state index in [1.807, 2.05) is 18.2 Å². The second-order valence-electron chi connectivity index (χ2n) is 4.90. The Hall–Kier alpha value is -1.70. The fourth-order valence-corrected chi connectivity index (χ4v) is 2.58. The standard InChI is InChI=1S/C16H18O2/c1-12-6-9-15-14(11-12)8-7-13(16(15)18)5-3-2-4-10-17/h2,4,6,9-11,13H,3,5,7-8H2,1H3/b4-2+. The van der Waals surface area contributed by atoms with Crippen molar-refractivity contribution in [1.29, 1.82) is 0 Å². The largest absolute Gasteiger partial charge is 0.299 e. The van der Waals surface area contributed by atoms with Crippen molar-refractivity contribution < 1.29 is 9.59 Å². The van der Waals surface area contributed by atoms with E-state index in [4.69, 9.17) is 0 Å². The summed E-state index contributed by atoms with van der Waals surface area (Å²) in [6.45, 7) is 2.06. The van der Waals surface area contributed by atoms with Gasteiger partial charge in [0.25, 0.3) is 0 Å². The zero-order valence-electron chi connectivity index (χ0n) is 10.7. The van der Waals surface area contributed by atoms with Gasteiger partial charge in [-0.3, -0.25) is 9.59 Å². The minimum atomic E-state index is 0.122. The first-order valence-corrected chi connectivity index (χ1v) is 6.46. The van der Waals surface area contributed by atoms with Crippen LogP contribution in [0, 0.1) is 12.8 Å². The van der Waals surface area contributed by atoms with E-state index >= 15 is 0 Å². The molecule has 0 aliphatic heterocycles. The SMILES string of the molecule is Cc1ccc2c(c1)CCC(CC/C=C/C=O)C2=O. The molecule has 0 spiro atoms. The van der Waals surface area contributed by atoms with E-state index in [9.17, 15) is 9.59 Å². The molecule has 0 bridgehead atoms. The van der Waals surface area contributed by atoms with Gasteiger partial charge in [0.15, 0.2) is 5.78 Å². The summed E-state index contributed by atoms with van der Waals surface area (Å²) in [5, 5.41) is 0. The summed E-state index contributed by atoms with van der Waals surface area (Å²) in [4.78, 5) is 22.5. The van der Waals surface area contributed by atoms with Crippen LogP contribution >= 0.6 is 0 Å². The smallest absolute Gasteiger partial charge is 0.166 e. The third kappa shape index (κ3) is 2.76. The summed E-state index contributed by atoms with van der Waals surface area (Å²) in [7, 11) is 0. The van der Waals surface area contributed by atoms with Gasteiger partial charge in [0.1, 0.15) is 6.29 Å². The molecule has 1 aromatic carbocycles. The molecule has 2 rings (SSSR count). The topological polar surface area (TPSA) is 34.1 Å². The minimum absolute atomic E-state index is 0.122. The fraction of sp³-hybridized carbons (Fsp3) is 0.375. The van der Waals surface area contributed by atoms with Crippen LogP contribution in [0.4, 0.5) is 0 Å². The van der Waals surface area contributed by atoms with Gasteiger partial charge in [0.2, 0.25) is 0 Å². The van der Waals surface area contributed by atoms with Crippen molar-refractivity contribution in [3.8, 4) is 0 Å². The summed E-state index contributed by atoms with van der Waals surface area (Å²) in [5.74, 6) is 0.396. The number of benzene rings is 1. The van der Waals surface area contributed by atoms with Gasteiger partial charge < -0.3 is 0 Å². The number of carbonyl (C=O) groups is 2. The molecule has 0 radical (unpaired) electrons. The molecule has 0 saturated heterocycles. The molecular formula is C16H18O2. The molecular weight excluding hydrogens is 224 g/mol. The Morgan fingerprint density at radius 1 is 1.39 bits per heavy atom. The Morgan fingerprint density at radius 3 is 3.00 bits per heavy atom. The quantitative estimate of drug-likeness (QED) is 0.600. The van der Waals surface area contributed by atoms with Gasteiger partial charge >= 0.3 is 0 Å². The predicted octanol–water partition coefficient (Wildman–Crippen LogP) is 3.28. The molecule has 0 aromatic heterocycles. The molecule has 0 saturated carbocycles. The lowest BCUT2D eigenvalue weighted by Crippen LogP contribution is -2.22. The summed E-state index contributed by atoms with van der Waals surface area (Å²) >= 11 is 0. The van der Waals surface area contributed by atoms with E-state index in [0.29, 0.717) is 0 Å². The number of aldehydes is 1. The maximum Gasteiger partial charge on any atom is 0.166 e. The van der Waals surface area contributed by atoms with Gasteiger partial charge in [-0.15, -0.1) is 0 Å². The normalized spacial score (nSPS) is 18.9. The molecule has 2 heteroatoms. The van der Waals surface area contributed by atoms with Gasteiger partial charge in [-0.2, -0.15) is 0 Å². The molecule has 0 fully saturated rings. The fourth-order valence-electron chi connectivity index (χ4n) is 2.58. The van der Waals surface area contributed by atoms with Gasteiger partial charge in [0, 0.05) is 11.5 Å². The summed E-state index contributed by atoms with van der Waals surface area (Å²) in [5.41, 5.74) is 3.31. The van der Waals surface area contributed by atoms with E-state index in [1.165, 1.54) is 17.2 Å². The van der Waals surface area contributed by atoms with Crippen LogP contribution in [-0.4, -0.2) is 12.1 Å². The highest BCUT2D eigenvalue weighted by Gasteiger charge is 2.26. The highest BCUT2D eigenvalue weighted by molar-refractivity contribution is 6.00. The van der Waals surface area contributed by atoms with Crippen LogP contribution in [0.25, 0.3) is 0 Å². The number of Topliss-reactive ketones (excluding diaryl/α,β-unsaturated/α-hetero) is 1. The highest BCUT2D eigenvalue weighted by atomic mass is 16.1. The molecule has 0 amide bonds. The lowest BCUT2D eigenvalue weighted by atomic mass is 9.80. The van der Waals surface area contributed by atoms with Gasteiger partial charge in [-0.05, 0) is 44.2 Å². The first-order chi connectivity index (χ1) is 8.72. The first kappa shape index (κ1) is 12.7. The average Bonchev–Trinajstić information content (AvgIpc) is 2.37. The monoisotopic (exact) mass is 242 g/mol. The van der Waals surface area contributed by atoms with Gasteiger partial charge in [-0.25, -0.2) is 0 Å². The third-order valence-electron chi connectivity index (χ3n) is 3.56. The van der Waals surface area contributed by atoms with Crippen molar-refractivity contribution >= 4 is 12.1 Å². The van der Waals surface area contributed by atoms with Crippen LogP contribution < -0.4 is 0 Å². The van der Waals surface area contributed by atoms with E-state index in [1.54, 1.807) is 0 Å².